The first kappa shape index (κ1) is 81.1. The molecule has 642 valence electrons. The maximum absolute atomic E-state index is 4.74. The highest BCUT2D eigenvalue weighted by Crippen LogP contribution is 2.51. The van der Waals surface area contributed by atoms with Gasteiger partial charge in [0.1, 0.15) is 0 Å². The summed E-state index contributed by atoms with van der Waals surface area (Å²) in [6.07, 6.45) is 10.7. The molecular formula is C128H82N6S3. The van der Waals surface area contributed by atoms with Crippen LogP contribution in [0.5, 0.6) is 0 Å². The SMILES string of the molecule is CC(C)(C)c1cccc2c1sc1c(-c3cccc(-c4ccc5c(c4)c4ccccc4c4nccnc54)c3)cccc12.c1cc(-c2ccc3c(c2)c2ccccc2c2nccnc32)cc(-c2cccc3c2sc2c(-c4cccc5ccccc45)cccc23)c1.c1ccc(-c2ccc(-c3cccc4c3sc3c(-c5cccc(-c6ccc7c(c6)c6ccccc6c6nccnc76)c5)cccc34)cc2)cc1. The minimum Gasteiger partial charge on any atom is -0.252 e. The molecule has 0 fully saturated rings. The van der Waals surface area contributed by atoms with E-state index >= 15 is 0 Å². The molecule has 0 aliphatic heterocycles. The maximum Gasteiger partial charge on any atom is 0.0971 e. The fraction of sp³-hybridized carbons (Fsp3) is 0.0312. The quantitative estimate of drug-likeness (QED) is 0.134. The zero-order valence-electron chi connectivity index (χ0n) is 75.1. The molecule has 6 nitrogen and oxygen atoms in total. The second kappa shape index (κ2) is 33.2. The van der Waals surface area contributed by atoms with Gasteiger partial charge in [-0.3, -0.25) is 29.9 Å². The van der Waals surface area contributed by atoms with Gasteiger partial charge in [-0.05, 0) is 185 Å². The number of aromatic nitrogens is 6. The van der Waals surface area contributed by atoms with Gasteiger partial charge < -0.3 is 0 Å². The summed E-state index contributed by atoms with van der Waals surface area (Å²) < 4.78 is 8.05. The van der Waals surface area contributed by atoms with Crippen molar-refractivity contribution in [3.8, 4) is 100 Å². The first-order valence-corrected chi connectivity index (χ1v) is 49.0. The van der Waals surface area contributed by atoms with Crippen LogP contribution in [0.15, 0.2) is 444 Å². The lowest BCUT2D eigenvalue weighted by atomic mass is 9.86. The van der Waals surface area contributed by atoms with Gasteiger partial charge in [-0.2, -0.15) is 0 Å². The average molecular weight is 1800 g/mol. The third kappa shape index (κ3) is 13.9. The molecule has 0 radical (unpaired) electrons. The fourth-order valence-corrected chi connectivity index (χ4v) is 25.4. The fourth-order valence-electron chi connectivity index (χ4n) is 21.1. The second-order valence-corrected chi connectivity index (χ2v) is 39.6. The van der Waals surface area contributed by atoms with E-state index in [0.29, 0.717) is 0 Å². The van der Waals surface area contributed by atoms with Crippen molar-refractivity contribution in [2.45, 2.75) is 26.2 Å². The predicted octanol–water partition coefficient (Wildman–Crippen LogP) is 36.4. The van der Waals surface area contributed by atoms with Gasteiger partial charge in [-0.15, -0.1) is 34.0 Å². The largest absolute Gasteiger partial charge is 0.252 e. The first-order valence-electron chi connectivity index (χ1n) is 46.5. The van der Waals surface area contributed by atoms with E-state index < -0.39 is 0 Å². The van der Waals surface area contributed by atoms with Crippen LogP contribution < -0.4 is 0 Å². The van der Waals surface area contributed by atoms with E-state index in [1.54, 1.807) is 37.2 Å². The van der Waals surface area contributed by atoms with Gasteiger partial charge in [0.15, 0.2) is 0 Å². The Hall–Kier alpha value is -16.7. The van der Waals surface area contributed by atoms with Crippen LogP contribution in [0.3, 0.4) is 0 Å². The Morgan fingerprint density at radius 2 is 0.394 bits per heavy atom. The molecule has 28 rings (SSSR count). The van der Waals surface area contributed by atoms with Gasteiger partial charge in [-0.1, -0.05) is 391 Å². The van der Waals surface area contributed by atoms with E-state index in [-0.39, 0.29) is 5.41 Å². The van der Waals surface area contributed by atoms with Crippen LogP contribution in [0, 0.1) is 0 Å². The Labute approximate surface area is 802 Å². The number of thiophene rings is 3. The molecule has 0 aliphatic rings. The van der Waals surface area contributed by atoms with Gasteiger partial charge in [0.05, 0.1) is 33.1 Å². The summed E-state index contributed by atoms with van der Waals surface area (Å²) in [7, 11) is 0. The summed E-state index contributed by atoms with van der Waals surface area (Å²) in [6.45, 7) is 6.91. The van der Waals surface area contributed by atoms with Gasteiger partial charge in [-0.25, -0.2) is 0 Å². The molecule has 9 heteroatoms. The summed E-state index contributed by atoms with van der Waals surface area (Å²) in [6, 6.07) is 148. The van der Waals surface area contributed by atoms with Crippen molar-refractivity contribution in [3.05, 3.63) is 449 Å². The molecule has 0 unspecified atom stereocenters. The van der Waals surface area contributed by atoms with Crippen LogP contribution in [-0.2, 0) is 5.41 Å². The molecule has 0 saturated carbocycles. The van der Waals surface area contributed by atoms with Gasteiger partial charge >= 0.3 is 0 Å². The van der Waals surface area contributed by atoms with Gasteiger partial charge in [0, 0.05) is 136 Å². The minimum absolute atomic E-state index is 0.0949. The second-order valence-electron chi connectivity index (χ2n) is 36.5. The molecule has 0 saturated heterocycles. The van der Waals surface area contributed by atoms with Crippen molar-refractivity contribution in [2.75, 3.05) is 0 Å². The summed E-state index contributed by atoms with van der Waals surface area (Å²) in [5.74, 6) is 0. The number of nitrogens with zero attached hydrogens (tertiary/aromatic N) is 6. The molecule has 0 N–H and O–H groups in total. The molecule has 22 aromatic carbocycles. The zero-order chi connectivity index (χ0) is 90.9. The van der Waals surface area contributed by atoms with Crippen molar-refractivity contribution in [1.82, 2.24) is 29.9 Å². The Morgan fingerprint density at radius 1 is 0.153 bits per heavy atom. The van der Waals surface area contributed by atoms with E-state index in [1.165, 1.54) is 209 Å². The van der Waals surface area contributed by atoms with Crippen molar-refractivity contribution >= 4 is 203 Å². The van der Waals surface area contributed by atoms with Crippen LogP contribution in [0.4, 0.5) is 0 Å². The first-order chi connectivity index (χ1) is 67.6. The molecule has 0 atom stereocenters. The maximum atomic E-state index is 4.74. The van der Waals surface area contributed by atoms with Gasteiger partial charge in [0.2, 0.25) is 0 Å². The summed E-state index contributed by atoms with van der Waals surface area (Å²) in [4.78, 5) is 28.3. The van der Waals surface area contributed by atoms with E-state index in [2.05, 4.69) is 432 Å². The van der Waals surface area contributed by atoms with E-state index in [0.717, 1.165) is 65.4 Å². The molecule has 6 aromatic heterocycles. The number of fused-ring (bicyclic) bond motifs is 28. The number of hydrogen-bond acceptors (Lipinski definition) is 9. The Balaban J connectivity index is 0.000000107. The molecule has 0 aliphatic carbocycles. The third-order valence-corrected chi connectivity index (χ3v) is 31.5. The lowest BCUT2D eigenvalue weighted by molar-refractivity contribution is 0.597. The molecule has 0 amide bonds. The van der Waals surface area contributed by atoms with Crippen LogP contribution in [-0.4, -0.2) is 29.9 Å². The standard InChI is InChI=1S/C46H28N2S.C44H26N2S.C38H28N2S/c1-2-9-29(10-3-1)30-19-21-31(22-20-30)35-15-7-17-40-41-18-8-16-36(46(41)49-45(35)40)34-12-6-11-32(27-34)33-23-24-39-42(28-33)37-13-4-5-14-38(37)43-44(39)48-26-25-47-43;1-2-13-31-27(9-1)10-6-17-33(31)37-18-8-20-39-38-19-7-16-32(43(38)47-44(37)39)30-12-5-11-28(25-30)29-21-22-36-40(26-29)34-14-3-4-15-35(34)41-42(36)46-24-23-45-41;1-38(2,3)33-16-8-15-31-30-14-7-13-26(36(30)41-37(31)33)25-10-6-9-23(21-25)24-17-18-29-32(22-24)27-11-4-5-12-28(27)34-35(29)40-20-19-39-34/h1-28H;1-26H;4-22H,1-3H3. The van der Waals surface area contributed by atoms with E-state index in [4.69, 9.17) is 24.9 Å². The number of hydrogen-bond donors (Lipinski definition) is 0. The molecule has 28 aromatic rings. The van der Waals surface area contributed by atoms with Crippen molar-refractivity contribution in [1.29, 1.82) is 0 Å². The number of rotatable bonds is 9. The van der Waals surface area contributed by atoms with Crippen LogP contribution >= 0.6 is 34.0 Å². The molecular weight excluding hydrogens is 1720 g/mol. The van der Waals surface area contributed by atoms with Crippen molar-refractivity contribution < 1.29 is 0 Å². The highest BCUT2D eigenvalue weighted by molar-refractivity contribution is 7.27. The molecule has 6 heterocycles. The minimum atomic E-state index is 0.0949. The highest BCUT2D eigenvalue weighted by Gasteiger charge is 2.25. The Morgan fingerprint density at radius 3 is 0.788 bits per heavy atom. The summed E-state index contributed by atoms with van der Waals surface area (Å²) in [5, 5.41) is 24.5. The van der Waals surface area contributed by atoms with Crippen LogP contribution in [0.1, 0.15) is 26.3 Å². The predicted molar refractivity (Wildman–Crippen MR) is 587 cm³/mol. The zero-order valence-corrected chi connectivity index (χ0v) is 77.5. The Bertz CT molecular complexity index is 9700. The number of benzene rings is 22. The molecule has 137 heavy (non-hydrogen) atoms. The summed E-state index contributed by atoms with van der Waals surface area (Å²) in [5.41, 5.74) is 29.4. The lowest BCUT2D eigenvalue weighted by Crippen LogP contribution is -2.10. The Kier molecular flexibility index (Phi) is 19.7. The van der Waals surface area contributed by atoms with Crippen molar-refractivity contribution in [3.63, 3.8) is 0 Å². The highest BCUT2D eigenvalue weighted by atomic mass is 32.1. The lowest BCUT2D eigenvalue weighted by Gasteiger charge is -2.19. The van der Waals surface area contributed by atoms with Crippen LogP contribution in [0.25, 0.3) is 269 Å². The molecule has 0 spiro atoms. The summed E-state index contributed by atoms with van der Waals surface area (Å²) >= 11 is 5.73. The normalized spacial score (nSPS) is 11.9. The van der Waals surface area contributed by atoms with E-state index in [1.807, 2.05) is 34.0 Å². The monoisotopic (exact) mass is 1800 g/mol. The van der Waals surface area contributed by atoms with E-state index in [9.17, 15) is 0 Å². The average Bonchev–Trinajstić information content (AvgIpc) is 1.74. The third-order valence-electron chi connectivity index (χ3n) is 27.6. The smallest absolute Gasteiger partial charge is 0.0971 e. The van der Waals surface area contributed by atoms with Crippen LogP contribution in [0.2, 0.25) is 0 Å². The topological polar surface area (TPSA) is 77.3 Å². The van der Waals surface area contributed by atoms with Crippen molar-refractivity contribution in [2.24, 2.45) is 0 Å². The van der Waals surface area contributed by atoms with Gasteiger partial charge in [0.25, 0.3) is 0 Å². The molecule has 0 bridgehead atoms.